The Morgan fingerprint density at radius 2 is 2.18 bits per heavy atom. The SMILES string of the molecule is NC1CCCC(C(=O)NCC2CC=CCC2)C1. The molecule has 2 aliphatic carbocycles. The fourth-order valence-electron chi connectivity index (χ4n) is 2.90. The molecular formula is C14H24N2O. The zero-order chi connectivity index (χ0) is 12.1. The van der Waals surface area contributed by atoms with Crippen LogP contribution in [0.5, 0.6) is 0 Å². The van der Waals surface area contributed by atoms with Gasteiger partial charge in [0.25, 0.3) is 0 Å². The molecule has 1 saturated carbocycles. The number of hydrogen-bond acceptors (Lipinski definition) is 2. The zero-order valence-electron chi connectivity index (χ0n) is 10.5. The van der Waals surface area contributed by atoms with E-state index in [0.29, 0.717) is 5.92 Å². The van der Waals surface area contributed by atoms with E-state index in [1.165, 1.54) is 6.42 Å². The normalized spacial score (nSPS) is 33.4. The average molecular weight is 236 g/mol. The Balaban J connectivity index is 1.71. The molecule has 17 heavy (non-hydrogen) atoms. The van der Waals surface area contributed by atoms with Gasteiger partial charge in [0.1, 0.15) is 0 Å². The predicted octanol–water partition coefficient (Wildman–Crippen LogP) is 1.98. The number of hydrogen-bond donors (Lipinski definition) is 2. The Labute approximate surface area is 104 Å². The molecule has 0 aliphatic heterocycles. The minimum atomic E-state index is 0.165. The monoisotopic (exact) mass is 236 g/mol. The summed E-state index contributed by atoms with van der Waals surface area (Å²) < 4.78 is 0. The highest BCUT2D eigenvalue weighted by atomic mass is 16.1. The van der Waals surface area contributed by atoms with E-state index >= 15 is 0 Å². The van der Waals surface area contributed by atoms with Crippen molar-refractivity contribution in [2.24, 2.45) is 17.6 Å². The number of amides is 1. The zero-order valence-corrected chi connectivity index (χ0v) is 10.5. The minimum Gasteiger partial charge on any atom is -0.356 e. The van der Waals surface area contributed by atoms with Crippen LogP contribution in [0.15, 0.2) is 12.2 Å². The summed E-state index contributed by atoms with van der Waals surface area (Å²) in [6.07, 6.45) is 12.0. The molecule has 0 radical (unpaired) electrons. The van der Waals surface area contributed by atoms with E-state index in [2.05, 4.69) is 17.5 Å². The second-order valence-electron chi connectivity index (χ2n) is 5.52. The summed E-state index contributed by atoms with van der Waals surface area (Å²) in [5.74, 6) is 1.04. The van der Waals surface area contributed by atoms with E-state index in [0.717, 1.165) is 45.1 Å². The van der Waals surface area contributed by atoms with Gasteiger partial charge >= 0.3 is 0 Å². The second-order valence-corrected chi connectivity index (χ2v) is 5.52. The van der Waals surface area contributed by atoms with Gasteiger partial charge in [0, 0.05) is 18.5 Å². The molecule has 0 heterocycles. The van der Waals surface area contributed by atoms with E-state index < -0.39 is 0 Å². The Kier molecular flexibility index (Phi) is 4.60. The lowest BCUT2D eigenvalue weighted by Gasteiger charge is -2.26. The lowest BCUT2D eigenvalue weighted by atomic mass is 9.85. The van der Waals surface area contributed by atoms with Crippen molar-refractivity contribution in [3.63, 3.8) is 0 Å². The molecule has 3 heteroatoms. The highest BCUT2D eigenvalue weighted by Crippen LogP contribution is 2.23. The van der Waals surface area contributed by atoms with Crippen molar-refractivity contribution >= 4 is 5.91 Å². The van der Waals surface area contributed by atoms with E-state index in [9.17, 15) is 4.79 Å². The van der Waals surface area contributed by atoms with Gasteiger partial charge in [-0.15, -0.1) is 0 Å². The van der Waals surface area contributed by atoms with Crippen LogP contribution in [0.3, 0.4) is 0 Å². The summed E-state index contributed by atoms with van der Waals surface area (Å²) in [5.41, 5.74) is 5.91. The van der Waals surface area contributed by atoms with Gasteiger partial charge in [-0.1, -0.05) is 18.6 Å². The first-order valence-corrected chi connectivity index (χ1v) is 6.94. The first-order valence-electron chi connectivity index (χ1n) is 6.94. The summed E-state index contributed by atoms with van der Waals surface area (Å²) >= 11 is 0. The fraction of sp³-hybridized carbons (Fsp3) is 0.786. The first kappa shape index (κ1) is 12.6. The summed E-state index contributed by atoms with van der Waals surface area (Å²) in [4.78, 5) is 12.0. The lowest BCUT2D eigenvalue weighted by molar-refractivity contribution is -0.126. The smallest absolute Gasteiger partial charge is 0.223 e. The number of nitrogens with two attached hydrogens (primary N) is 1. The van der Waals surface area contributed by atoms with Crippen molar-refractivity contribution in [1.29, 1.82) is 0 Å². The lowest BCUT2D eigenvalue weighted by Crippen LogP contribution is -2.39. The van der Waals surface area contributed by atoms with E-state index in [1.807, 2.05) is 0 Å². The molecule has 1 fully saturated rings. The van der Waals surface area contributed by atoms with E-state index in [1.54, 1.807) is 0 Å². The van der Waals surface area contributed by atoms with Crippen molar-refractivity contribution in [3.8, 4) is 0 Å². The Bertz CT molecular complexity index is 288. The minimum absolute atomic E-state index is 0.165. The predicted molar refractivity (Wildman–Crippen MR) is 69.4 cm³/mol. The van der Waals surface area contributed by atoms with Gasteiger partial charge in [-0.2, -0.15) is 0 Å². The third kappa shape index (κ3) is 3.84. The summed E-state index contributed by atoms with van der Waals surface area (Å²) in [7, 11) is 0. The van der Waals surface area contributed by atoms with Crippen LogP contribution >= 0.6 is 0 Å². The van der Waals surface area contributed by atoms with Crippen LogP contribution < -0.4 is 11.1 Å². The van der Waals surface area contributed by atoms with Gasteiger partial charge in [0.05, 0.1) is 0 Å². The molecule has 96 valence electrons. The molecule has 0 spiro atoms. The Morgan fingerprint density at radius 3 is 2.88 bits per heavy atom. The van der Waals surface area contributed by atoms with Crippen molar-refractivity contribution in [2.75, 3.05) is 6.54 Å². The van der Waals surface area contributed by atoms with Gasteiger partial charge in [0.2, 0.25) is 5.91 Å². The quantitative estimate of drug-likeness (QED) is 0.736. The van der Waals surface area contributed by atoms with E-state index in [-0.39, 0.29) is 17.9 Å². The highest BCUT2D eigenvalue weighted by molar-refractivity contribution is 5.78. The maximum absolute atomic E-state index is 12.0. The molecule has 2 rings (SSSR count). The van der Waals surface area contributed by atoms with Gasteiger partial charge in [-0.05, 0) is 44.4 Å². The largest absolute Gasteiger partial charge is 0.356 e. The molecule has 2 aliphatic rings. The van der Waals surface area contributed by atoms with Crippen molar-refractivity contribution in [3.05, 3.63) is 12.2 Å². The second kappa shape index (κ2) is 6.20. The maximum atomic E-state index is 12.0. The van der Waals surface area contributed by atoms with Crippen molar-refractivity contribution < 1.29 is 4.79 Å². The average Bonchev–Trinajstić information content (AvgIpc) is 2.37. The molecule has 0 aromatic heterocycles. The number of rotatable bonds is 3. The third-order valence-electron chi connectivity index (χ3n) is 4.03. The number of allylic oxidation sites excluding steroid dienone is 2. The highest BCUT2D eigenvalue weighted by Gasteiger charge is 2.25. The van der Waals surface area contributed by atoms with Crippen LogP contribution in [0.2, 0.25) is 0 Å². The summed E-state index contributed by atoms with van der Waals surface area (Å²) in [6.45, 7) is 0.842. The number of carbonyl (C=O) groups excluding carboxylic acids is 1. The van der Waals surface area contributed by atoms with Crippen LogP contribution in [0.1, 0.15) is 44.9 Å². The molecule has 0 bridgehead atoms. The van der Waals surface area contributed by atoms with Gasteiger partial charge in [0.15, 0.2) is 0 Å². The topological polar surface area (TPSA) is 55.1 Å². The van der Waals surface area contributed by atoms with Crippen LogP contribution in [0.25, 0.3) is 0 Å². The Hall–Kier alpha value is -0.830. The fourth-order valence-corrected chi connectivity index (χ4v) is 2.90. The first-order chi connectivity index (χ1) is 8.25. The third-order valence-corrected chi connectivity index (χ3v) is 4.03. The van der Waals surface area contributed by atoms with Gasteiger partial charge < -0.3 is 11.1 Å². The molecule has 3 nitrogen and oxygen atoms in total. The number of carbonyl (C=O) groups is 1. The van der Waals surface area contributed by atoms with Crippen LogP contribution in [0, 0.1) is 11.8 Å². The molecule has 0 aromatic rings. The molecule has 3 unspecified atom stereocenters. The molecule has 1 amide bonds. The van der Waals surface area contributed by atoms with Gasteiger partial charge in [-0.3, -0.25) is 4.79 Å². The van der Waals surface area contributed by atoms with E-state index in [4.69, 9.17) is 5.73 Å². The molecular weight excluding hydrogens is 212 g/mol. The van der Waals surface area contributed by atoms with Crippen LogP contribution in [0.4, 0.5) is 0 Å². The molecule has 0 saturated heterocycles. The maximum Gasteiger partial charge on any atom is 0.223 e. The molecule has 0 aromatic carbocycles. The van der Waals surface area contributed by atoms with Crippen molar-refractivity contribution in [2.45, 2.75) is 51.0 Å². The summed E-state index contributed by atoms with van der Waals surface area (Å²) in [5, 5.41) is 3.11. The summed E-state index contributed by atoms with van der Waals surface area (Å²) in [6, 6.07) is 0.233. The number of nitrogens with one attached hydrogen (secondary N) is 1. The molecule has 3 N–H and O–H groups in total. The van der Waals surface area contributed by atoms with Crippen LogP contribution in [-0.4, -0.2) is 18.5 Å². The van der Waals surface area contributed by atoms with Gasteiger partial charge in [-0.25, -0.2) is 0 Å². The molecule has 3 atom stereocenters. The van der Waals surface area contributed by atoms with Crippen LogP contribution in [-0.2, 0) is 4.79 Å². The Morgan fingerprint density at radius 1 is 1.29 bits per heavy atom. The standard InChI is InChI=1S/C14H24N2O/c15-13-8-4-7-12(9-13)14(17)16-10-11-5-2-1-3-6-11/h1-2,11-13H,3-10,15H2,(H,16,17). The van der Waals surface area contributed by atoms with Crippen molar-refractivity contribution in [1.82, 2.24) is 5.32 Å².